The second-order valence-electron chi connectivity index (χ2n) is 8.30. The van der Waals surface area contributed by atoms with Gasteiger partial charge in [0.15, 0.2) is 5.82 Å². The highest BCUT2D eigenvalue weighted by molar-refractivity contribution is 5.97. The zero-order valence-electron chi connectivity index (χ0n) is 19.3. The summed E-state index contributed by atoms with van der Waals surface area (Å²) < 4.78 is 0. The second kappa shape index (κ2) is 9.81. The van der Waals surface area contributed by atoms with E-state index in [2.05, 4.69) is 42.8 Å². The molecule has 1 aromatic carbocycles. The molecule has 3 N–H and O–H groups in total. The quantitative estimate of drug-likeness (QED) is 0.579. The van der Waals surface area contributed by atoms with Crippen LogP contribution in [0.1, 0.15) is 51.9 Å². The van der Waals surface area contributed by atoms with Gasteiger partial charge in [-0.3, -0.25) is 4.79 Å². The number of hydrogen-bond donors (Lipinski definition) is 2. The van der Waals surface area contributed by atoms with Crippen molar-refractivity contribution in [2.45, 2.75) is 47.5 Å². The average Bonchev–Trinajstić information content (AvgIpc) is 2.96. The molecule has 0 radical (unpaired) electrons. The number of aryl methyl sites for hydroxylation is 1. The number of H-pyrrole nitrogens is 1. The number of hydrogen-bond acceptors (Lipinski definition) is 4. The van der Waals surface area contributed by atoms with E-state index in [1.807, 2.05) is 24.0 Å². The number of carbonyl (C=O) groups excluding carboxylic acids is 1. The van der Waals surface area contributed by atoms with Gasteiger partial charge in [0.05, 0.1) is 11.0 Å². The van der Waals surface area contributed by atoms with E-state index in [1.165, 1.54) is 11.1 Å². The number of aliphatic imine (C=N–C) groups is 1. The Morgan fingerprint density at radius 3 is 2.58 bits per heavy atom. The number of aromatic nitrogens is 2. The molecule has 1 aliphatic heterocycles. The largest absolute Gasteiger partial charge is 0.400 e. The highest BCUT2D eigenvalue weighted by atomic mass is 16.2. The highest BCUT2D eigenvalue weighted by Crippen LogP contribution is 2.22. The van der Waals surface area contributed by atoms with Crippen molar-refractivity contribution in [1.82, 2.24) is 19.8 Å². The number of aromatic amines is 1. The molecule has 1 aliphatic rings. The maximum atomic E-state index is 11.8. The van der Waals surface area contributed by atoms with E-state index in [9.17, 15) is 4.79 Å². The molecule has 7 heteroatoms. The Hall–Kier alpha value is -3.09. The fourth-order valence-corrected chi connectivity index (χ4v) is 3.66. The molecule has 0 spiro atoms. The van der Waals surface area contributed by atoms with Crippen LogP contribution < -0.4 is 5.73 Å². The monoisotopic (exact) mass is 422 g/mol. The predicted molar refractivity (Wildman–Crippen MR) is 128 cm³/mol. The predicted octanol–water partition coefficient (Wildman–Crippen LogP) is 3.83. The minimum atomic E-state index is 0.122. The Labute approximate surface area is 184 Å². The van der Waals surface area contributed by atoms with Crippen LogP contribution in [0.25, 0.3) is 16.7 Å². The first-order chi connectivity index (χ1) is 14.8. The van der Waals surface area contributed by atoms with Crippen molar-refractivity contribution in [3.05, 3.63) is 46.9 Å². The Morgan fingerprint density at radius 2 is 1.90 bits per heavy atom. The molecule has 1 fully saturated rings. The summed E-state index contributed by atoms with van der Waals surface area (Å²) in [4.78, 5) is 29.1. The molecule has 2 aromatic rings. The van der Waals surface area contributed by atoms with Crippen molar-refractivity contribution >= 4 is 28.5 Å². The first-order valence-corrected chi connectivity index (χ1v) is 11.0. The summed E-state index contributed by atoms with van der Waals surface area (Å²) in [6, 6.07) is 6.13. The van der Waals surface area contributed by atoms with Gasteiger partial charge in [-0.05, 0) is 57.4 Å². The van der Waals surface area contributed by atoms with Gasteiger partial charge in [0.2, 0.25) is 5.91 Å². The van der Waals surface area contributed by atoms with E-state index in [1.54, 1.807) is 6.92 Å². The standard InChI is InChI=1S/C24H34N6O/c1-6-16(2)15-22(30-11-7-10-29(12-13-30)19(5)31)28-23(18(4)25)24-26-20-9-8-17(3)14-21(20)27-24/h8-9,14-15H,6-7,10-13,25H2,1-5H3,(H,26,27)/b16-15+,23-18+,28-22-. The summed E-state index contributed by atoms with van der Waals surface area (Å²) in [6.07, 6.45) is 3.97. The van der Waals surface area contributed by atoms with Crippen LogP contribution in [-0.4, -0.2) is 57.7 Å². The maximum Gasteiger partial charge on any atom is 0.219 e. The van der Waals surface area contributed by atoms with Crippen molar-refractivity contribution < 1.29 is 4.79 Å². The topological polar surface area (TPSA) is 90.6 Å². The van der Waals surface area contributed by atoms with Crippen LogP contribution in [0.3, 0.4) is 0 Å². The van der Waals surface area contributed by atoms with Crippen molar-refractivity contribution in [1.29, 1.82) is 0 Å². The van der Waals surface area contributed by atoms with Crippen LogP contribution in [0.4, 0.5) is 0 Å². The zero-order chi connectivity index (χ0) is 22.5. The summed E-state index contributed by atoms with van der Waals surface area (Å²) in [6.45, 7) is 12.8. The SMILES string of the molecule is CC/C(C)=C/C(=N/C(=C(\C)N)c1nc2ccc(C)cc2[nH]1)N1CCCN(C(C)=O)CC1. The summed E-state index contributed by atoms with van der Waals surface area (Å²) in [5, 5.41) is 0. The van der Waals surface area contributed by atoms with Gasteiger partial charge in [0.25, 0.3) is 0 Å². The molecule has 1 saturated heterocycles. The number of allylic oxidation sites excluding steroid dienone is 2. The Balaban J connectivity index is 2.02. The van der Waals surface area contributed by atoms with E-state index < -0.39 is 0 Å². The lowest BCUT2D eigenvalue weighted by molar-refractivity contribution is -0.128. The molecule has 3 rings (SSSR count). The molecule has 0 bridgehead atoms. The molecule has 7 nitrogen and oxygen atoms in total. The number of nitrogens with two attached hydrogens (primary N) is 1. The van der Waals surface area contributed by atoms with Gasteiger partial charge in [-0.15, -0.1) is 0 Å². The average molecular weight is 423 g/mol. The number of nitrogens with one attached hydrogen (secondary N) is 1. The fourth-order valence-electron chi connectivity index (χ4n) is 3.66. The lowest BCUT2D eigenvalue weighted by Gasteiger charge is -2.24. The molecule has 166 valence electrons. The smallest absolute Gasteiger partial charge is 0.219 e. The molecule has 0 aliphatic carbocycles. The lowest BCUT2D eigenvalue weighted by atomic mass is 10.2. The summed E-state index contributed by atoms with van der Waals surface area (Å²) in [5.41, 5.74) is 11.8. The second-order valence-corrected chi connectivity index (χ2v) is 8.30. The Kier molecular flexibility index (Phi) is 7.15. The molecule has 31 heavy (non-hydrogen) atoms. The molecule has 0 saturated carbocycles. The minimum Gasteiger partial charge on any atom is -0.400 e. The van der Waals surface area contributed by atoms with Gasteiger partial charge in [0, 0.05) is 38.8 Å². The first-order valence-electron chi connectivity index (χ1n) is 11.0. The van der Waals surface area contributed by atoms with Gasteiger partial charge in [-0.25, -0.2) is 9.98 Å². The van der Waals surface area contributed by atoms with Crippen molar-refractivity contribution in [3.8, 4) is 0 Å². The summed E-state index contributed by atoms with van der Waals surface area (Å²) >= 11 is 0. The number of fused-ring (bicyclic) bond motifs is 1. The molecule has 1 amide bonds. The van der Waals surface area contributed by atoms with Gasteiger partial charge >= 0.3 is 0 Å². The molecule has 0 atom stereocenters. The van der Waals surface area contributed by atoms with E-state index in [4.69, 9.17) is 15.7 Å². The number of nitrogens with zero attached hydrogens (tertiary/aromatic N) is 4. The third-order valence-electron chi connectivity index (χ3n) is 5.66. The number of rotatable bonds is 4. The number of amides is 1. The van der Waals surface area contributed by atoms with Crippen LogP contribution >= 0.6 is 0 Å². The summed E-state index contributed by atoms with van der Waals surface area (Å²) in [7, 11) is 0. The number of carbonyl (C=O) groups is 1. The molecular weight excluding hydrogens is 388 g/mol. The van der Waals surface area contributed by atoms with Crippen molar-refractivity contribution in [2.24, 2.45) is 10.7 Å². The maximum absolute atomic E-state index is 11.8. The van der Waals surface area contributed by atoms with Gasteiger partial charge in [-0.1, -0.05) is 18.6 Å². The number of benzene rings is 1. The van der Waals surface area contributed by atoms with Gasteiger partial charge in [-0.2, -0.15) is 0 Å². The van der Waals surface area contributed by atoms with E-state index in [-0.39, 0.29) is 5.91 Å². The lowest BCUT2D eigenvalue weighted by Crippen LogP contribution is -2.36. The van der Waals surface area contributed by atoms with E-state index >= 15 is 0 Å². The van der Waals surface area contributed by atoms with Crippen LogP contribution in [-0.2, 0) is 4.79 Å². The Bertz CT molecular complexity index is 1040. The third-order valence-corrected chi connectivity index (χ3v) is 5.66. The molecule has 0 unspecified atom stereocenters. The van der Waals surface area contributed by atoms with Gasteiger partial charge in [0.1, 0.15) is 11.5 Å². The normalized spacial score (nSPS) is 17.1. The highest BCUT2D eigenvalue weighted by Gasteiger charge is 2.20. The summed E-state index contributed by atoms with van der Waals surface area (Å²) in [5.74, 6) is 1.65. The first kappa shape index (κ1) is 22.6. The van der Waals surface area contributed by atoms with Crippen LogP contribution in [0.15, 0.2) is 40.5 Å². The molecule has 2 heterocycles. The number of imidazole rings is 1. The van der Waals surface area contributed by atoms with Crippen LogP contribution in [0, 0.1) is 6.92 Å². The van der Waals surface area contributed by atoms with Gasteiger partial charge < -0.3 is 20.5 Å². The van der Waals surface area contributed by atoms with Crippen molar-refractivity contribution in [2.75, 3.05) is 26.2 Å². The van der Waals surface area contributed by atoms with E-state index in [0.717, 1.165) is 49.3 Å². The van der Waals surface area contributed by atoms with Crippen LogP contribution in [0.5, 0.6) is 0 Å². The van der Waals surface area contributed by atoms with Crippen molar-refractivity contribution in [3.63, 3.8) is 0 Å². The molecular formula is C24H34N6O. The minimum absolute atomic E-state index is 0.122. The zero-order valence-corrected chi connectivity index (χ0v) is 19.3. The number of amidine groups is 1. The fraction of sp³-hybridized carbons (Fsp3) is 0.458. The van der Waals surface area contributed by atoms with E-state index in [0.29, 0.717) is 23.8 Å². The molecule has 1 aromatic heterocycles. The third kappa shape index (κ3) is 5.54. The van der Waals surface area contributed by atoms with Crippen LogP contribution in [0.2, 0.25) is 0 Å². The Morgan fingerprint density at radius 1 is 1.19 bits per heavy atom.